The van der Waals surface area contributed by atoms with Gasteiger partial charge in [0, 0.05) is 6.04 Å². The standard InChI is InChI=1S/C12H20N2/c13-9-5-4-8-12(14)10-11-6-2-1-3-7-11/h1-3,6-7,12H,4-5,8-10,13-14H2. The molecule has 14 heavy (non-hydrogen) atoms. The van der Waals surface area contributed by atoms with E-state index >= 15 is 0 Å². The Labute approximate surface area is 86.3 Å². The Morgan fingerprint density at radius 1 is 1.07 bits per heavy atom. The van der Waals surface area contributed by atoms with Crippen LogP contribution in [0.25, 0.3) is 0 Å². The molecule has 1 aromatic carbocycles. The molecule has 0 saturated heterocycles. The molecule has 2 nitrogen and oxygen atoms in total. The fourth-order valence-electron chi connectivity index (χ4n) is 1.57. The molecule has 0 spiro atoms. The van der Waals surface area contributed by atoms with Crippen molar-refractivity contribution in [3.63, 3.8) is 0 Å². The molecule has 0 aromatic heterocycles. The molecule has 1 rings (SSSR count). The van der Waals surface area contributed by atoms with Crippen LogP contribution in [0.15, 0.2) is 30.3 Å². The quantitative estimate of drug-likeness (QED) is 0.674. The lowest BCUT2D eigenvalue weighted by molar-refractivity contribution is 0.565. The summed E-state index contributed by atoms with van der Waals surface area (Å²) in [5.74, 6) is 0. The molecule has 0 saturated carbocycles. The highest BCUT2D eigenvalue weighted by atomic mass is 14.6. The SMILES string of the molecule is NCCCCC(N)Cc1ccccc1. The van der Waals surface area contributed by atoms with Crippen molar-refractivity contribution in [3.8, 4) is 0 Å². The van der Waals surface area contributed by atoms with Crippen molar-refractivity contribution in [2.75, 3.05) is 6.54 Å². The lowest BCUT2D eigenvalue weighted by Crippen LogP contribution is -2.22. The summed E-state index contributed by atoms with van der Waals surface area (Å²) >= 11 is 0. The number of benzene rings is 1. The van der Waals surface area contributed by atoms with Crippen LogP contribution in [0.3, 0.4) is 0 Å². The van der Waals surface area contributed by atoms with Crippen LogP contribution >= 0.6 is 0 Å². The van der Waals surface area contributed by atoms with Crippen LogP contribution in [-0.2, 0) is 6.42 Å². The number of nitrogens with two attached hydrogens (primary N) is 2. The van der Waals surface area contributed by atoms with E-state index < -0.39 is 0 Å². The van der Waals surface area contributed by atoms with Crippen molar-refractivity contribution in [1.82, 2.24) is 0 Å². The molecule has 0 aliphatic heterocycles. The van der Waals surface area contributed by atoms with Gasteiger partial charge in [-0.2, -0.15) is 0 Å². The van der Waals surface area contributed by atoms with Crippen LogP contribution in [0.4, 0.5) is 0 Å². The van der Waals surface area contributed by atoms with Gasteiger partial charge in [-0.25, -0.2) is 0 Å². The number of unbranched alkanes of at least 4 members (excludes halogenated alkanes) is 1. The second-order valence-corrected chi connectivity index (χ2v) is 3.73. The van der Waals surface area contributed by atoms with Crippen molar-refractivity contribution in [3.05, 3.63) is 35.9 Å². The van der Waals surface area contributed by atoms with Gasteiger partial charge in [0.2, 0.25) is 0 Å². The molecular formula is C12H20N2. The third-order valence-corrected chi connectivity index (χ3v) is 2.37. The van der Waals surface area contributed by atoms with Gasteiger partial charge in [0.1, 0.15) is 0 Å². The maximum Gasteiger partial charge on any atom is 0.00793 e. The molecule has 0 radical (unpaired) electrons. The summed E-state index contributed by atoms with van der Waals surface area (Å²) in [7, 11) is 0. The first-order valence-corrected chi connectivity index (χ1v) is 5.32. The first-order valence-electron chi connectivity index (χ1n) is 5.32. The van der Waals surface area contributed by atoms with E-state index in [1.54, 1.807) is 0 Å². The van der Waals surface area contributed by atoms with Gasteiger partial charge >= 0.3 is 0 Å². The predicted octanol–water partition coefficient (Wildman–Crippen LogP) is 1.69. The average molecular weight is 192 g/mol. The molecule has 0 aliphatic carbocycles. The molecule has 2 heteroatoms. The third kappa shape index (κ3) is 4.40. The minimum atomic E-state index is 0.281. The predicted molar refractivity (Wildman–Crippen MR) is 61.0 cm³/mol. The van der Waals surface area contributed by atoms with E-state index in [-0.39, 0.29) is 6.04 Å². The molecule has 1 atom stereocenters. The summed E-state index contributed by atoms with van der Waals surface area (Å²) in [5, 5.41) is 0. The zero-order valence-corrected chi connectivity index (χ0v) is 8.65. The molecule has 0 bridgehead atoms. The van der Waals surface area contributed by atoms with Gasteiger partial charge in [-0.05, 0) is 31.4 Å². The largest absolute Gasteiger partial charge is 0.330 e. The number of hydrogen-bond donors (Lipinski definition) is 2. The third-order valence-electron chi connectivity index (χ3n) is 2.37. The Morgan fingerprint density at radius 2 is 1.79 bits per heavy atom. The Morgan fingerprint density at radius 3 is 2.43 bits per heavy atom. The minimum absolute atomic E-state index is 0.281. The average Bonchev–Trinajstić information content (AvgIpc) is 2.20. The van der Waals surface area contributed by atoms with Crippen molar-refractivity contribution < 1.29 is 0 Å². The van der Waals surface area contributed by atoms with Crippen LogP contribution in [0.2, 0.25) is 0 Å². The molecule has 78 valence electrons. The molecule has 1 unspecified atom stereocenters. The Kier molecular flexibility index (Phi) is 5.27. The first kappa shape index (κ1) is 11.2. The van der Waals surface area contributed by atoms with E-state index in [0.29, 0.717) is 0 Å². The Balaban J connectivity index is 2.23. The van der Waals surface area contributed by atoms with E-state index in [2.05, 4.69) is 24.3 Å². The fourth-order valence-corrected chi connectivity index (χ4v) is 1.57. The summed E-state index contributed by atoms with van der Waals surface area (Å²) in [6.45, 7) is 0.776. The zero-order valence-electron chi connectivity index (χ0n) is 8.65. The van der Waals surface area contributed by atoms with Gasteiger partial charge in [-0.1, -0.05) is 36.8 Å². The number of hydrogen-bond acceptors (Lipinski definition) is 2. The summed E-state index contributed by atoms with van der Waals surface area (Å²) in [6, 6.07) is 10.7. The van der Waals surface area contributed by atoms with E-state index in [4.69, 9.17) is 11.5 Å². The van der Waals surface area contributed by atoms with Crippen molar-refractivity contribution >= 4 is 0 Å². The normalized spacial score (nSPS) is 12.7. The van der Waals surface area contributed by atoms with E-state index in [9.17, 15) is 0 Å². The topological polar surface area (TPSA) is 52.0 Å². The molecule has 0 amide bonds. The van der Waals surface area contributed by atoms with Crippen LogP contribution in [-0.4, -0.2) is 12.6 Å². The van der Waals surface area contributed by atoms with Crippen LogP contribution in [0.5, 0.6) is 0 Å². The van der Waals surface area contributed by atoms with Gasteiger partial charge in [-0.15, -0.1) is 0 Å². The van der Waals surface area contributed by atoms with Crippen LogP contribution in [0.1, 0.15) is 24.8 Å². The molecule has 0 aliphatic rings. The van der Waals surface area contributed by atoms with E-state index in [1.165, 1.54) is 5.56 Å². The second kappa shape index (κ2) is 6.57. The van der Waals surface area contributed by atoms with Crippen molar-refractivity contribution in [2.24, 2.45) is 11.5 Å². The maximum atomic E-state index is 6.01. The van der Waals surface area contributed by atoms with Crippen molar-refractivity contribution in [2.45, 2.75) is 31.7 Å². The molecular weight excluding hydrogens is 172 g/mol. The van der Waals surface area contributed by atoms with Gasteiger partial charge in [0.15, 0.2) is 0 Å². The van der Waals surface area contributed by atoms with Crippen molar-refractivity contribution in [1.29, 1.82) is 0 Å². The summed E-state index contributed by atoms with van der Waals surface area (Å²) < 4.78 is 0. The van der Waals surface area contributed by atoms with Crippen LogP contribution < -0.4 is 11.5 Å². The highest BCUT2D eigenvalue weighted by Gasteiger charge is 2.02. The fraction of sp³-hybridized carbons (Fsp3) is 0.500. The van der Waals surface area contributed by atoms with Crippen LogP contribution in [0, 0.1) is 0 Å². The van der Waals surface area contributed by atoms with Gasteiger partial charge in [0.25, 0.3) is 0 Å². The monoisotopic (exact) mass is 192 g/mol. The Hall–Kier alpha value is -0.860. The van der Waals surface area contributed by atoms with E-state index in [0.717, 1.165) is 32.2 Å². The maximum absolute atomic E-state index is 6.01. The summed E-state index contributed by atoms with van der Waals surface area (Å²) in [4.78, 5) is 0. The molecule has 1 aromatic rings. The smallest absolute Gasteiger partial charge is 0.00793 e. The second-order valence-electron chi connectivity index (χ2n) is 3.73. The highest BCUT2D eigenvalue weighted by Crippen LogP contribution is 2.06. The minimum Gasteiger partial charge on any atom is -0.330 e. The van der Waals surface area contributed by atoms with E-state index in [1.807, 2.05) is 6.07 Å². The number of rotatable bonds is 6. The molecule has 0 fully saturated rings. The summed E-state index contributed by atoms with van der Waals surface area (Å²) in [5.41, 5.74) is 12.8. The van der Waals surface area contributed by atoms with Gasteiger partial charge in [-0.3, -0.25) is 0 Å². The van der Waals surface area contributed by atoms with Gasteiger partial charge < -0.3 is 11.5 Å². The lowest BCUT2D eigenvalue weighted by atomic mass is 10.0. The zero-order chi connectivity index (χ0) is 10.2. The molecule has 0 heterocycles. The lowest BCUT2D eigenvalue weighted by Gasteiger charge is -2.10. The molecule has 4 N–H and O–H groups in total. The summed E-state index contributed by atoms with van der Waals surface area (Å²) in [6.07, 6.45) is 4.28. The highest BCUT2D eigenvalue weighted by molar-refractivity contribution is 5.15. The first-order chi connectivity index (χ1) is 6.83. The Bertz CT molecular complexity index is 233. The van der Waals surface area contributed by atoms with Gasteiger partial charge in [0.05, 0.1) is 0 Å².